The summed E-state index contributed by atoms with van der Waals surface area (Å²) < 4.78 is 0. The standard InChI is InChI=1S/C16H22N2O/c1-12(2)10-18-14-7-4-3-6-13(14)16(15(18)19)8-5-9-17-11-16/h3-4,6-7,12,17H,5,8-11H2,1-2H3/t16-/m0/s1. The van der Waals surface area contributed by atoms with Crippen LogP contribution in [0.3, 0.4) is 0 Å². The molecule has 1 N–H and O–H groups in total. The van der Waals surface area contributed by atoms with E-state index >= 15 is 0 Å². The van der Waals surface area contributed by atoms with E-state index in [0.717, 1.165) is 38.2 Å². The molecule has 0 unspecified atom stereocenters. The summed E-state index contributed by atoms with van der Waals surface area (Å²) in [6.45, 7) is 6.97. The summed E-state index contributed by atoms with van der Waals surface area (Å²) in [6, 6.07) is 8.33. The van der Waals surface area contributed by atoms with E-state index in [9.17, 15) is 4.79 Å². The predicted octanol–water partition coefficient (Wildman–Crippen LogP) is 2.31. The first-order valence-corrected chi connectivity index (χ1v) is 7.27. The number of carbonyl (C=O) groups is 1. The van der Waals surface area contributed by atoms with E-state index in [0.29, 0.717) is 11.8 Å². The van der Waals surface area contributed by atoms with E-state index in [1.54, 1.807) is 0 Å². The molecule has 0 bridgehead atoms. The zero-order valence-electron chi connectivity index (χ0n) is 11.8. The van der Waals surface area contributed by atoms with Crippen LogP contribution in [0.2, 0.25) is 0 Å². The summed E-state index contributed by atoms with van der Waals surface area (Å²) in [6.07, 6.45) is 2.06. The van der Waals surface area contributed by atoms with Crippen molar-refractivity contribution in [3.8, 4) is 0 Å². The number of carbonyl (C=O) groups excluding carboxylic acids is 1. The maximum Gasteiger partial charge on any atom is 0.239 e. The van der Waals surface area contributed by atoms with Crippen molar-refractivity contribution in [2.75, 3.05) is 24.5 Å². The lowest BCUT2D eigenvalue weighted by Crippen LogP contribution is -2.50. The average Bonchev–Trinajstić information content (AvgIpc) is 2.63. The molecule has 1 spiro atoms. The molecule has 0 saturated carbocycles. The summed E-state index contributed by atoms with van der Waals surface area (Å²) >= 11 is 0. The lowest BCUT2D eigenvalue weighted by atomic mass is 9.76. The molecule has 1 aromatic carbocycles. The molecule has 1 fully saturated rings. The van der Waals surface area contributed by atoms with Crippen LogP contribution in [0.25, 0.3) is 0 Å². The highest BCUT2D eigenvalue weighted by molar-refractivity contribution is 6.08. The minimum atomic E-state index is -0.302. The number of piperidine rings is 1. The Labute approximate surface area is 115 Å². The molecule has 0 aliphatic carbocycles. The fourth-order valence-electron chi connectivity index (χ4n) is 3.46. The summed E-state index contributed by atoms with van der Waals surface area (Å²) in [4.78, 5) is 15.0. The van der Waals surface area contributed by atoms with E-state index < -0.39 is 0 Å². The van der Waals surface area contributed by atoms with Crippen LogP contribution in [-0.4, -0.2) is 25.5 Å². The van der Waals surface area contributed by atoms with Gasteiger partial charge in [-0.3, -0.25) is 4.79 Å². The molecule has 1 aromatic rings. The Kier molecular flexibility index (Phi) is 3.09. The van der Waals surface area contributed by atoms with Gasteiger partial charge in [0.05, 0.1) is 5.41 Å². The van der Waals surface area contributed by atoms with Gasteiger partial charge in [-0.25, -0.2) is 0 Å². The first-order valence-electron chi connectivity index (χ1n) is 7.27. The second-order valence-electron chi connectivity index (χ2n) is 6.19. The van der Waals surface area contributed by atoms with Gasteiger partial charge in [0.15, 0.2) is 0 Å². The molecule has 3 nitrogen and oxygen atoms in total. The topological polar surface area (TPSA) is 32.3 Å². The Hall–Kier alpha value is -1.35. The summed E-state index contributed by atoms with van der Waals surface area (Å²) in [5.41, 5.74) is 2.06. The third-order valence-corrected chi connectivity index (χ3v) is 4.30. The quantitative estimate of drug-likeness (QED) is 0.883. The lowest BCUT2D eigenvalue weighted by molar-refractivity contribution is -0.123. The summed E-state index contributed by atoms with van der Waals surface area (Å²) in [5, 5.41) is 3.42. The molecule has 2 aliphatic rings. The van der Waals surface area contributed by atoms with Crippen molar-refractivity contribution in [1.29, 1.82) is 0 Å². The number of benzene rings is 1. The molecule has 3 heteroatoms. The van der Waals surface area contributed by atoms with E-state index in [1.807, 2.05) is 11.0 Å². The Balaban J connectivity index is 2.06. The van der Waals surface area contributed by atoms with E-state index in [2.05, 4.69) is 37.4 Å². The van der Waals surface area contributed by atoms with Crippen molar-refractivity contribution in [3.05, 3.63) is 29.8 Å². The van der Waals surface area contributed by atoms with Gasteiger partial charge in [-0.2, -0.15) is 0 Å². The van der Waals surface area contributed by atoms with Crippen molar-refractivity contribution < 1.29 is 4.79 Å². The second kappa shape index (κ2) is 4.64. The molecule has 0 radical (unpaired) electrons. The Bertz CT molecular complexity index is 489. The molecule has 19 heavy (non-hydrogen) atoms. The summed E-state index contributed by atoms with van der Waals surface area (Å²) in [5.74, 6) is 0.790. The van der Waals surface area contributed by atoms with Crippen molar-refractivity contribution in [3.63, 3.8) is 0 Å². The van der Waals surface area contributed by atoms with Gasteiger partial charge in [0.2, 0.25) is 5.91 Å². The second-order valence-corrected chi connectivity index (χ2v) is 6.19. The first kappa shape index (κ1) is 12.7. The zero-order valence-corrected chi connectivity index (χ0v) is 11.8. The predicted molar refractivity (Wildman–Crippen MR) is 77.4 cm³/mol. The lowest BCUT2D eigenvalue weighted by Gasteiger charge is -2.33. The minimum Gasteiger partial charge on any atom is -0.315 e. The molecular formula is C16H22N2O. The highest BCUT2D eigenvalue weighted by Crippen LogP contribution is 2.45. The number of anilines is 1. The SMILES string of the molecule is CC(C)CN1C(=O)[C@]2(CCCNC2)c2ccccc21. The van der Waals surface area contributed by atoms with E-state index in [-0.39, 0.29) is 5.41 Å². The maximum atomic E-state index is 13.0. The largest absolute Gasteiger partial charge is 0.315 e. The Morgan fingerprint density at radius 1 is 1.37 bits per heavy atom. The van der Waals surface area contributed by atoms with E-state index in [4.69, 9.17) is 0 Å². The van der Waals surface area contributed by atoms with Crippen LogP contribution < -0.4 is 10.2 Å². The average molecular weight is 258 g/mol. The van der Waals surface area contributed by atoms with Gasteiger partial charge in [-0.1, -0.05) is 32.0 Å². The van der Waals surface area contributed by atoms with Gasteiger partial charge >= 0.3 is 0 Å². The van der Waals surface area contributed by atoms with Crippen LogP contribution in [0, 0.1) is 5.92 Å². The van der Waals surface area contributed by atoms with Crippen molar-refractivity contribution >= 4 is 11.6 Å². The number of nitrogens with one attached hydrogen (secondary N) is 1. The zero-order chi connectivity index (χ0) is 13.5. The number of fused-ring (bicyclic) bond motifs is 2. The maximum absolute atomic E-state index is 13.0. The number of rotatable bonds is 2. The minimum absolute atomic E-state index is 0.301. The molecule has 1 atom stereocenters. The van der Waals surface area contributed by atoms with E-state index in [1.165, 1.54) is 5.56 Å². The molecule has 1 saturated heterocycles. The van der Waals surface area contributed by atoms with Crippen LogP contribution in [0.1, 0.15) is 32.3 Å². The number of hydrogen-bond acceptors (Lipinski definition) is 2. The number of nitrogens with zero attached hydrogens (tertiary/aromatic N) is 1. The number of hydrogen-bond donors (Lipinski definition) is 1. The Morgan fingerprint density at radius 2 is 2.16 bits per heavy atom. The highest BCUT2D eigenvalue weighted by Gasteiger charge is 2.50. The van der Waals surface area contributed by atoms with Gasteiger partial charge in [0.1, 0.15) is 0 Å². The third kappa shape index (κ3) is 1.88. The molecule has 1 amide bonds. The van der Waals surface area contributed by atoms with Crippen LogP contribution in [0.5, 0.6) is 0 Å². The van der Waals surface area contributed by atoms with Gasteiger partial charge in [-0.15, -0.1) is 0 Å². The third-order valence-electron chi connectivity index (χ3n) is 4.30. The van der Waals surface area contributed by atoms with Crippen LogP contribution >= 0.6 is 0 Å². The molecule has 2 aliphatic heterocycles. The van der Waals surface area contributed by atoms with Gasteiger partial charge in [0, 0.05) is 18.8 Å². The molecule has 0 aromatic heterocycles. The monoisotopic (exact) mass is 258 g/mol. The normalized spacial score (nSPS) is 26.3. The molecular weight excluding hydrogens is 236 g/mol. The molecule has 3 rings (SSSR count). The van der Waals surface area contributed by atoms with Gasteiger partial charge in [0.25, 0.3) is 0 Å². The van der Waals surface area contributed by atoms with Crippen molar-refractivity contribution in [2.45, 2.75) is 32.1 Å². The van der Waals surface area contributed by atoms with Gasteiger partial charge < -0.3 is 10.2 Å². The van der Waals surface area contributed by atoms with Crippen molar-refractivity contribution in [2.24, 2.45) is 5.92 Å². The van der Waals surface area contributed by atoms with Gasteiger partial charge in [-0.05, 0) is 36.9 Å². The van der Waals surface area contributed by atoms with Crippen LogP contribution in [0.4, 0.5) is 5.69 Å². The number of para-hydroxylation sites is 1. The smallest absolute Gasteiger partial charge is 0.239 e. The first-order chi connectivity index (χ1) is 9.15. The molecule has 2 heterocycles. The molecule has 102 valence electrons. The fourth-order valence-corrected chi connectivity index (χ4v) is 3.46. The fraction of sp³-hybridized carbons (Fsp3) is 0.562. The van der Waals surface area contributed by atoms with Crippen LogP contribution in [-0.2, 0) is 10.2 Å². The number of amides is 1. The summed E-state index contributed by atoms with van der Waals surface area (Å²) in [7, 11) is 0. The Morgan fingerprint density at radius 3 is 2.84 bits per heavy atom. The van der Waals surface area contributed by atoms with Crippen molar-refractivity contribution in [1.82, 2.24) is 5.32 Å². The highest BCUT2D eigenvalue weighted by atomic mass is 16.2. The van der Waals surface area contributed by atoms with Crippen LogP contribution in [0.15, 0.2) is 24.3 Å².